The Bertz CT molecular complexity index is 541. The Morgan fingerprint density at radius 1 is 1.15 bits per heavy atom. The normalized spacial score (nSPS) is 10.1. The highest BCUT2D eigenvalue weighted by Gasteiger charge is 2.07. The fraction of sp³-hybridized carbons (Fsp3) is 0.267. The molecule has 0 aliphatic rings. The summed E-state index contributed by atoms with van der Waals surface area (Å²) >= 11 is 0. The van der Waals surface area contributed by atoms with Crippen LogP contribution in [0, 0.1) is 0 Å². The summed E-state index contributed by atoms with van der Waals surface area (Å²) < 4.78 is 10.0. The maximum Gasteiger partial charge on any atom is 0.358 e. The Hall–Kier alpha value is -2.43. The van der Waals surface area contributed by atoms with Crippen molar-refractivity contribution in [2.45, 2.75) is 12.8 Å². The van der Waals surface area contributed by atoms with Gasteiger partial charge in [0, 0.05) is 0 Å². The molecular weight excluding hydrogens is 256 g/mol. The van der Waals surface area contributed by atoms with Crippen molar-refractivity contribution in [2.24, 2.45) is 0 Å². The topological polar surface area (TPSA) is 61.3 Å². The van der Waals surface area contributed by atoms with E-state index in [1.165, 1.54) is 25.1 Å². The van der Waals surface area contributed by atoms with Gasteiger partial charge >= 0.3 is 5.97 Å². The van der Waals surface area contributed by atoms with Crippen molar-refractivity contribution in [3.05, 3.63) is 54.0 Å². The molecule has 5 nitrogen and oxygen atoms in total. The van der Waals surface area contributed by atoms with E-state index < -0.39 is 5.97 Å². The summed E-state index contributed by atoms with van der Waals surface area (Å²) in [7, 11) is 1.30. The fourth-order valence-electron chi connectivity index (χ4n) is 1.70. The Morgan fingerprint density at radius 2 is 1.95 bits per heavy atom. The largest absolute Gasteiger partial charge is 0.477 e. The molecule has 0 aliphatic heterocycles. The second-order valence-electron chi connectivity index (χ2n) is 4.17. The van der Waals surface area contributed by atoms with Gasteiger partial charge in [-0.05, 0) is 18.4 Å². The number of aryl methyl sites for hydroxylation is 1. The van der Waals surface area contributed by atoms with Crippen molar-refractivity contribution in [1.82, 2.24) is 9.97 Å². The molecule has 1 aromatic carbocycles. The lowest BCUT2D eigenvalue weighted by molar-refractivity contribution is 0.0593. The third-order valence-corrected chi connectivity index (χ3v) is 2.73. The van der Waals surface area contributed by atoms with Crippen LogP contribution >= 0.6 is 0 Å². The van der Waals surface area contributed by atoms with Crippen LogP contribution in [0.2, 0.25) is 0 Å². The molecule has 5 heteroatoms. The molecule has 104 valence electrons. The van der Waals surface area contributed by atoms with Crippen LogP contribution in [0.1, 0.15) is 22.5 Å². The summed E-state index contributed by atoms with van der Waals surface area (Å²) in [5, 5.41) is 0. The molecular formula is C15H16N2O3. The van der Waals surface area contributed by atoms with Crippen LogP contribution in [0.4, 0.5) is 0 Å². The molecule has 1 heterocycles. The van der Waals surface area contributed by atoms with E-state index in [2.05, 4.69) is 26.8 Å². The van der Waals surface area contributed by atoms with E-state index in [1.54, 1.807) is 0 Å². The first-order valence-electron chi connectivity index (χ1n) is 6.36. The number of nitrogens with zero attached hydrogens (tertiary/aromatic N) is 2. The van der Waals surface area contributed by atoms with Crippen molar-refractivity contribution >= 4 is 5.97 Å². The van der Waals surface area contributed by atoms with Gasteiger partial charge in [0.05, 0.1) is 26.1 Å². The van der Waals surface area contributed by atoms with Crippen LogP contribution < -0.4 is 4.74 Å². The summed E-state index contributed by atoms with van der Waals surface area (Å²) in [4.78, 5) is 19.1. The van der Waals surface area contributed by atoms with Crippen LogP contribution in [-0.4, -0.2) is 29.7 Å². The standard InChI is InChI=1S/C15H16N2O3/c1-19-15(18)13-10-17-14(11-16-13)20-9-5-8-12-6-3-2-4-7-12/h2-4,6-7,10-11H,5,8-9H2,1H3. The minimum Gasteiger partial charge on any atom is -0.477 e. The number of ether oxygens (including phenoxy) is 2. The molecule has 1 aromatic heterocycles. The number of carbonyl (C=O) groups is 1. The maximum atomic E-state index is 11.2. The first-order chi connectivity index (χ1) is 9.79. The van der Waals surface area contributed by atoms with Gasteiger partial charge in [0.15, 0.2) is 5.69 Å². The molecule has 20 heavy (non-hydrogen) atoms. The average Bonchev–Trinajstić information content (AvgIpc) is 2.52. The Balaban J connectivity index is 1.75. The third kappa shape index (κ3) is 4.05. The summed E-state index contributed by atoms with van der Waals surface area (Å²) in [6, 6.07) is 10.2. The third-order valence-electron chi connectivity index (χ3n) is 2.73. The van der Waals surface area contributed by atoms with Gasteiger partial charge in [0.1, 0.15) is 0 Å². The number of hydrogen-bond acceptors (Lipinski definition) is 5. The second kappa shape index (κ2) is 7.23. The van der Waals surface area contributed by atoms with E-state index in [1.807, 2.05) is 18.2 Å². The van der Waals surface area contributed by atoms with Gasteiger partial charge in [0.25, 0.3) is 0 Å². The number of benzene rings is 1. The molecule has 0 radical (unpaired) electrons. The van der Waals surface area contributed by atoms with Gasteiger partial charge < -0.3 is 9.47 Å². The SMILES string of the molecule is COC(=O)c1cnc(OCCCc2ccccc2)cn1. The highest BCUT2D eigenvalue weighted by atomic mass is 16.5. The molecule has 0 aliphatic carbocycles. The van der Waals surface area contributed by atoms with Crippen molar-refractivity contribution in [3.63, 3.8) is 0 Å². The second-order valence-corrected chi connectivity index (χ2v) is 4.17. The lowest BCUT2D eigenvalue weighted by Crippen LogP contribution is -2.06. The number of aromatic nitrogens is 2. The van der Waals surface area contributed by atoms with Crippen LogP contribution in [0.15, 0.2) is 42.7 Å². The van der Waals surface area contributed by atoms with E-state index in [0.717, 1.165) is 12.8 Å². The van der Waals surface area contributed by atoms with Gasteiger partial charge in [-0.25, -0.2) is 14.8 Å². The zero-order valence-corrected chi connectivity index (χ0v) is 11.3. The lowest BCUT2D eigenvalue weighted by Gasteiger charge is -2.05. The Morgan fingerprint density at radius 3 is 2.60 bits per heavy atom. The van der Waals surface area contributed by atoms with E-state index in [-0.39, 0.29) is 5.69 Å². The molecule has 0 saturated carbocycles. The predicted molar refractivity (Wildman–Crippen MR) is 73.6 cm³/mol. The Kier molecular flexibility index (Phi) is 5.06. The van der Waals surface area contributed by atoms with Crippen LogP contribution in [0.5, 0.6) is 5.88 Å². The van der Waals surface area contributed by atoms with E-state index >= 15 is 0 Å². The van der Waals surface area contributed by atoms with Gasteiger partial charge in [-0.15, -0.1) is 0 Å². The van der Waals surface area contributed by atoms with Crippen molar-refractivity contribution in [3.8, 4) is 5.88 Å². The van der Waals surface area contributed by atoms with Gasteiger partial charge in [-0.2, -0.15) is 0 Å². The minimum absolute atomic E-state index is 0.170. The molecule has 0 fully saturated rings. The van der Waals surface area contributed by atoms with Crippen LogP contribution in [0.25, 0.3) is 0 Å². The van der Waals surface area contributed by atoms with Gasteiger partial charge in [-0.1, -0.05) is 30.3 Å². The van der Waals surface area contributed by atoms with Crippen molar-refractivity contribution in [2.75, 3.05) is 13.7 Å². The molecule has 0 unspecified atom stereocenters. The minimum atomic E-state index is -0.506. The molecule has 0 spiro atoms. The van der Waals surface area contributed by atoms with Gasteiger partial charge in [-0.3, -0.25) is 0 Å². The zero-order chi connectivity index (χ0) is 14.2. The summed E-state index contributed by atoms with van der Waals surface area (Å²) in [5.74, 6) is -0.0983. The first kappa shape index (κ1) is 14.0. The van der Waals surface area contributed by atoms with Gasteiger partial charge in [0.2, 0.25) is 5.88 Å². The summed E-state index contributed by atoms with van der Waals surface area (Å²) in [6.45, 7) is 0.557. The number of esters is 1. The van der Waals surface area contributed by atoms with Crippen LogP contribution in [0.3, 0.4) is 0 Å². The molecule has 0 amide bonds. The summed E-state index contributed by atoms with van der Waals surface area (Å²) in [6.07, 6.45) is 4.62. The smallest absolute Gasteiger partial charge is 0.358 e. The highest BCUT2D eigenvalue weighted by Crippen LogP contribution is 2.07. The quantitative estimate of drug-likeness (QED) is 0.596. The molecule has 0 N–H and O–H groups in total. The molecule has 0 atom stereocenters. The van der Waals surface area contributed by atoms with E-state index in [4.69, 9.17) is 4.74 Å². The molecule has 2 aromatic rings. The highest BCUT2D eigenvalue weighted by molar-refractivity contribution is 5.86. The average molecular weight is 272 g/mol. The zero-order valence-electron chi connectivity index (χ0n) is 11.3. The Labute approximate surface area is 117 Å². The number of methoxy groups -OCH3 is 1. The van der Waals surface area contributed by atoms with E-state index in [9.17, 15) is 4.79 Å². The maximum absolute atomic E-state index is 11.2. The first-order valence-corrected chi connectivity index (χ1v) is 6.36. The van der Waals surface area contributed by atoms with Crippen LogP contribution in [-0.2, 0) is 11.2 Å². The van der Waals surface area contributed by atoms with E-state index in [0.29, 0.717) is 12.5 Å². The van der Waals surface area contributed by atoms with Crippen molar-refractivity contribution in [1.29, 1.82) is 0 Å². The number of rotatable bonds is 6. The van der Waals surface area contributed by atoms with Crippen molar-refractivity contribution < 1.29 is 14.3 Å². The fourth-order valence-corrected chi connectivity index (χ4v) is 1.70. The monoisotopic (exact) mass is 272 g/mol. The number of carbonyl (C=O) groups excluding carboxylic acids is 1. The number of hydrogen-bond donors (Lipinski definition) is 0. The molecule has 2 rings (SSSR count). The lowest BCUT2D eigenvalue weighted by atomic mass is 10.1. The summed E-state index contributed by atoms with van der Waals surface area (Å²) in [5.41, 5.74) is 1.45. The molecule has 0 bridgehead atoms. The molecule has 0 saturated heterocycles. The predicted octanol–water partition coefficient (Wildman–Crippen LogP) is 2.27.